The third-order valence-electron chi connectivity index (χ3n) is 4.70. The number of thioether (sulfide) groups is 1. The molecule has 3 rings (SSSR count). The van der Waals surface area contributed by atoms with Crippen LogP contribution in [0, 0.1) is 0 Å². The number of carbonyl (C=O) groups is 1. The maximum Gasteiger partial charge on any atom is 0.522 e. The van der Waals surface area contributed by atoms with Gasteiger partial charge in [-0.1, -0.05) is 0 Å². The first kappa shape index (κ1) is 18.2. The maximum atomic E-state index is 13.1. The molecule has 0 saturated carbocycles. The molecule has 0 spiro atoms. The monoisotopic (exact) mass is 379 g/mol. The zero-order chi connectivity index (χ0) is 17.9. The van der Waals surface area contributed by atoms with Crippen LogP contribution in [0.1, 0.15) is 25.8 Å². The molecule has 0 aliphatic carbocycles. The van der Waals surface area contributed by atoms with Crippen molar-refractivity contribution >= 4 is 34.9 Å². The molecule has 1 aliphatic heterocycles. The number of hydrogen-bond donors (Lipinski definition) is 0. The second-order valence-electron chi connectivity index (χ2n) is 6.02. The third-order valence-corrected chi connectivity index (χ3v) is 6.79. The lowest BCUT2D eigenvalue weighted by atomic mass is 9.94. The van der Waals surface area contributed by atoms with Crippen molar-refractivity contribution in [3.8, 4) is 5.75 Å². The van der Waals surface area contributed by atoms with E-state index in [0.29, 0.717) is 12.5 Å². The lowest BCUT2D eigenvalue weighted by molar-refractivity contribution is 0.0985. The average Bonchev–Trinajstić information content (AvgIpc) is 3.14. The van der Waals surface area contributed by atoms with Gasteiger partial charge in [0.05, 0.1) is 13.7 Å². The summed E-state index contributed by atoms with van der Waals surface area (Å²) in [7, 11) is 1.67. The summed E-state index contributed by atoms with van der Waals surface area (Å²) in [5.41, 5.74) is 2.17. The number of fused-ring (bicyclic) bond motifs is 1. The van der Waals surface area contributed by atoms with Crippen molar-refractivity contribution in [2.45, 2.75) is 37.1 Å². The number of nitrogens with zero attached hydrogens (tertiary/aromatic N) is 2. The van der Waals surface area contributed by atoms with Gasteiger partial charge in [0.1, 0.15) is 23.4 Å². The minimum Gasteiger partial charge on any atom is -0.497 e. The van der Waals surface area contributed by atoms with Crippen LogP contribution in [-0.2, 0) is 11.2 Å². The van der Waals surface area contributed by atoms with Gasteiger partial charge in [-0.3, -0.25) is 0 Å². The number of quaternary nitrogens is 1. The first-order valence-electron chi connectivity index (χ1n) is 8.36. The highest BCUT2D eigenvalue weighted by Crippen LogP contribution is 2.42. The van der Waals surface area contributed by atoms with E-state index in [1.165, 1.54) is 0 Å². The summed E-state index contributed by atoms with van der Waals surface area (Å²) in [6, 6.07) is 6.13. The van der Waals surface area contributed by atoms with E-state index < -0.39 is 0 Å². The number of aromatic nitrogens is 1. The highest BCUT2D eigenvalue weighted by molar-refractivity contribution is 8.01. The number of carbonyl (C=O) groups excluding carboxylic acids is 1. The molecule has 2 heterocycles. The van der Waals surface area contributed by atoms with E-state index in [-0.39, 0.29) is 16.6 Å². The van der Waals surface area contributed by atoms with Crippen molar-refractivity contribution in [2.75, 3.05) is 19.6 Å². The van der Waals surface area contributed by atoms with E-state index in [1.54, 1.807) is 36.4 Å². The van der Waals surface area contributed by atoms with Crippen molar-refractivity contribution in [1.82, 2.24) is 9.47 Å². The molecular formula is C18H23N2O3S2+. The van der Waals surface area contributed by atoms with Crippen LogP contribution in [0.4, 0.5) is 10.5 Å². The van der Waals surface area contributed by atoms with Crippen molar-refractivity contribution in [3.63, 3.8) is 0 Å². The Morgan fingerprint density at radius 3 is 3.00 bits per heavy atom. The van der Waals surface area contributed by atoms with Gasteiger partial charge in [0, 0.05) is 29.6 Å². The quantitative estimate of drug-likeness (QED) is 0.557. The Bertz CT molecular complexity index is 736. The number of hydrogen-bond acceptors (Lipinski definition) is 6. The lowest BCUT2D eigenvalue weighted by Crippen LogP contribution is -2.61. The molecule has 0 N–H and O–H groups in total. The Kier molecular flexibility index (Phi) is 5.66. The van der Waals surface area contributed by atoms with Crippen LogP contribution in [0.25, 0.3) is 0 Å². The van der Waals surface area contributed by atoms with E-state index in [0.717, 1.165) is 34.2 Å². The molecule has 1 aromatic carbocycles. The van der Waals surface area contributed by atoms with Crippen molar-refractivity contribution in [2.24, 2.45) is 0 Å². The summed E-state index contributed by atoms with van der Waals surface area (Å²) >= 11 is 3.21. The highest BCUT2D eigenvalue weighted by atomic mass is 32.2. The molecule has 1 amide bonds. The molecule has 2 atom stereocenters. The smallest absolute Gasteiger partial charge is 0.497 e. The fourth-order valence-corrected chi connectivity index (χ4v) is 5.21. The SMILES string of the molecule is CCOC(=O)[N+]1(CSc2nccs2)c2ccc(OC)cc2CCC1C. The minimum absolute atomic E-state index is 0.146. The predicted molar refractivity (Wildman–Crippen MR) is 102 cm³/mol. The fourth-order valence-electron chi connectivity index (χ4n) is 3.31. The van der Waals surface area contributed by atoms with Gasteiger partial charge in [-0.2, -0.15) is 9.28 Å². The molecule has 5 nitrogen and oxygen atoms in total. The first-order valence-corrected chi connectivity index (χ1v) is 10.2. The molecule has 1 aliphatic rings. The van der Waals surface area contributed by atoms with Gasteiger partial charge in [0.15, 0.2) is 4.34 Å². The molecule has 0 radical (unpaired) electrons. The predicted octanol–water partition coefficient (Wildman–Crippen LogP) is 4.70. The molecule has 134 valence electrons. The first-order chi connectivity index (χ1) is 12.1. The van der Waals surface area contributed by atoms with Gasteiger partial charge >= 0.3 is 6.09 Å². The van der Waals surface area contributed by atoms with E-state index in [2.05, 4.69) is 11.9 Å². The van der Waals surface area contributed by atoms with Crippen LogP contribution >= 0.6 is 23.1 Å². The van der Waals surface area contributed by atoms with Gasteiger partial charge in [-0.15, -0.1) is 11.3 Å². The second kappa shape index (κ2) is 7.76. The number of benzene rings is 1. The summed E-state index contributed by atoms with van der Waals surface area (Å²) in [4.78, 5) is 17.4. The zero-order valence-corrected chi connectivity index (χ0v) is 16.4. The van der Waals surface area contributed by atoms with Crippen LogP contribution in [0.5, 0.6) is 5.75 Å². The molecule has 7 heteroatoms. The van der Waals surface area contributed by atoms with Gasteiger partial charge in [0.2, 0.25) is 0 Å². The van der Waals surface area contributed by atoms with Crippen molar-refractivity contribution < 1.29 is 14.3 Å². The van der Waals surface area contributed by atoms with E-state index in [1.807, 2.05) is 30.5 Å². The van der Waals surface area contributed by atoms with Crippen LogP contribution in [0.3, 0.4) is 0 Å². The Balaban J connectivity index is 2.04. The van der Waals surface area contributed by atoms with Gasteiger partial charge in [-0.05, 0) is 44.2 Å². The molecule has 1 aromatic heterocycles. The van der Waals surface area contributed by atoms with Crippen molar-refractivity contribution in [1.29, 1.82) is 0 Å². The molecule has 0 fully saturated rings. The zero-order valence-electron chi connectivity index (χ0n) is 14.7. The summed E-state index contributed by atoms with van der Waals surface area (Å²) in [6.07, 6.45) is 3.47. The lowest BCUT2D eigenvalue weighted by Gasteiger charge is -2.42. The molecule has 25 heavy (non-hydrogen) atoms. The molecule has 0 saturated heterocycles. The Morgan fingerprint density at radius 1 is 1.48 bits per heavy atom. The van der Waals surface area contributed by atoms with E-state index in [9.17, 15) is 4.79 Å². The van der Waals surface area contributed by atoms with E-state index >= 15 is 0 Å². The summed E-state index contributed by atoms with van der Waals surface area (Å²) in [6.45, 7) is 4.36. The highest BCUT2D eigenvalue weighted by Gasteiger charge is 2.50. The summed E-state index contributed by atoms with van der Waals surface area (Å²) in [5, 5.41) is 1.95. The van der Waals surface area contributed by atoms with Crippen LogP contribution in [0.15, 0.2) is 34.1 Å². The maximum absolute atomic E-state index is 13.1. The van der Waals surface area contributed by atoms with Gasteiger partial charge in [-0.25, -0.2) is 4.98 Å². The van der Waals surface area contributed by atoms with Gasteiger partial charge in [0.25, 0.3) is 0 Å². The van der Waals surface area contributed by atoms with Gasteiger partial charge < -0.3 is 9.47 Å². The second-order valence-corrected chi connectivity index (χ2v) is 8.11. The number of amides is 1. The number of methoxy groups -OCH3 is 1. The minimum atomic E-state index is -0.190. The Hall–Kier alpha value is -1.57. The normalized spacial score (nSPS) is 22.3. The van der Waals surface area contributed by atoms with E-state index in [4.69, 9.17) is 9.47 Å². The van der Waals surface area contributed by atoms with Crippen molar-refractivity contribution in [3.05, 3.63) is 35.3 Å². The topological polar surface area (TPSA) is 48.4 Å². The molecule has 2 unspecified atom stereocenters. The fraction of sp³-hybridized carbons (Fsp3) is 0.444. The number of ether oxygens (including phenoxy) is 2. The number of rotatable bonds is 5. The summed E-state index contributed by atoms with van der Waals surface area (Å²) < 4.78 is 12.0. The van der Waals surface area contributed by atoms with Crippen LogP contribution in [0.2, 0.25) is 0 Å². The number of aryl methyl sites for hydroxylation is 1. The number of thiazole rings is 1. The third kappa shape index (κ3) is 3.41. The average molecular weight is 380 g/mol. The standard InChI is InChI=1S/C18H23N2O3S2/c1-4-23-18(21)20(12-25-17-19-9-10-24-17)13(2)5-6-14-11-15(22-3)7-8-16(14)20/h7-11,13H,4-6,12H2,1-3H3/q+1. The Labute approximate surface area is 156 Å². The Morgan fingerprint density at radius 2 is 2.32 bits per heavy atom. The van der Waals surface area contributed by atoms with Crippen LogP contribution < -0.4 is 9.22 Å². The summed E-state index contributed by atoms with van der Waals surface area (Å²) in [5.74, 6) is 1.40. The molecule has 2 aromatic rings. The largest absolute Gasteiger partial charge is 0.522 e. The molecular weight excluding hydrogens is 356 g/mol. The van der Waals surface area contributed by atoms with Crippen LogP contribution in [-0.4, -0.2) is 36.7 Å². The molecule has 0 bridgehead atoms.